The van der Waals surface area contributed by atoms with Crippen molar-refractivity contribution in [2.24, 2.45) is 0 Å². The van der Waals surface area contributed by atoms with E-state index in [0.717, 1.165) is 11.1 Å². The molecule has 5 nitrogen and oxygen atoms in total. The van der Waals surface area contributed by atoms with Crippen LogP contribution in [0.2, 0.25) is 0 Å². The molecule has 0 saturated heterocycles. The van der Waals surface area contributed by atoms with Crippen molar-refractivity contribution in [3.63, 3.8) is 0 Å². The number of aryl methyl sites for hydroxylation is 3. The maximum Gasteiger partial charge on any atom is 0.274 e. The van der Waals surface area contributed by atoms with Gasteiger partial charge in [-0.05, 0) is 62.2 Å². The van der Waals surface area contributed by atoms with E-state index in [4.69, 9.17) is 0 Å². The van der Waals surface area contributed by atoms with E-state index in [9.17, 15) is 9.18 Å². The van der Waals surface area contributed by atoms with Crippen molar-refractivity contribution in [2.45, 2.75) is 20.8 Å². The summed E-state index contributed by atoms with van der Waals surface area (Å²) in [5, 5.41) is 5.64. The minimum absolute atomic E-state index is 0.167. The molecule has 0 unspecified atom stereocenters. The number of hydrogen-bond donors (Lipinski definition) is 2. The van der Waals surface area contributed by atoms with Crippen molar-refractivity contribution in [2.75, 3.05) is 10.6 Å². The largest absolute Gasteiger partial charge is 0.322 e. The van der Waals surface area contributed by atoms with Crippen LogP contribution in [0.4, 0.5) is 21.7 Å². The molecule has 2 N–H and O–H groups in total. The first-order valence-electron chi connectivity index (χ1n) is 8.18. The topological polar surface area (TPSA) is 66.9 Å². The summed E-state index contributed by atoms with van der Waals surface area (Å²) in [4.78, 5) is 21.0. The number of para-hydroxylation sites is 1. The maximum absolute atomic E-state index is 13.8. The van der Waals surface area contributed by atoms with Gasteiger partial charge in [0.15, 0.2) is 0 Å². The molecule has 0 fully saturated rings. The summed E-state index contributed by atoms with van der Waals surface area (Å²) >= 11 is 0. The number of nitrogens with zero attached hydrogens (tertiary/aromatic N) is 2. The smallest absolute Gasteiger partial charge is 0.274 e. The van der Waals surface area contributed by atoms with Crippen molar-refractivity contribution >= 4 is 23.2 Å². The first-order valence-corrected chi connectivity index (χ1v) is 8.18. The summed E-state index contributed by atoms with van der Waals surface area (Å²) < 4.78 is 13.8. The van der Waals surface area contributed by atoms with Crippen LogP contribution in [-0.2, 0) is 0 Å². The van der Waals surface area contributed by atoms with E-state index in [0.29, 0.717) is 11.4 Å². The highest BCUT2D eigenvalue weighted by Crippen LogP contribution is 2.18. The number of anilines is 3. The van der Waals surface area contributed by atoms with Crippen LogP contribution in [0, 0.1) is 26.6 Å². The molecule has 2 aromatic carbocycles. The first-order chi connectivity index (χ1) is 12.4. The second kappa shape index (κ2) is 7.31. The molecule has 0 aliphatic carbocycles. The number of carbonyl (C=O) groups is 1. The van der Waals surface area contributed by atoms with Gasteiger partial charge >= 0.3 is 0 Å². The number of hydrogen-bond acceptors (Lipinski definition) is 4. The third kappa shape index (κ3) is 4.03. The van der Waals surface area contributed by atoms with Crippen molar-refractivity contribution in [1.82, 2.24) is 9.97 Å². The van der Waals surface area contributed by atoms with Gasteiger partial charge < -0.3 is 10.6 Å². The molecule has 132 valence electrons. The number of nitrogens with one attached hydrogen (secondary N) is 2. The fourth-order valence-electron chi connectivity index (χ4n) is 2.44. The van der Waals surface area contributed by atoms with Gasteiger partial charge in [0.05, 0.1) is 5.69 Å². The fourth-order valence-corrected chi connectivity index (χ4v) is 2.44. The van der Waals surface area contributed by atoms with Crippen LogP contribution >= 0.6 is 0 Å². The Bertz CT molecular complexity index is 972. The number of aromatic nitrogens is 2. The Labute approximate surface area is 151 Å². The van der Waals surface area contributed by atoms with Gasteiger partial charge in [-0.2, -0.15) is 0 Å². The lowest BCUT2D eigenvalue weighted by atomic mass is 10.1. The van der Waals surface area contributed by atoms with Gasteiger partial charge in [0.2, 0.25) is 5.95 Å². The van der Waals surface area contributed by atoms with Crippen molar-refractivity contribution < 1.29 is 9.18 Å². The monoisotopic (exact) mass is 350 g/mol. The SMILES string of the molecule is Cc1cc(C(=O)Nc2ccc(C)c(C)c2)nc(Nc2ccccc2F)n1. The Morgan fingerprint density at radius 3 is 2.46 bits per heavy atom. The molecule has 3 aromatic rings. The van der Waals surface area contributed by atoms with Gasteiger partial charge in [0.25, 0.3) is 5.91 Å². The fraction of sp³-hybridized carbons (Fsp3) is 0.150. The minimum Gasteiger partial charge on any atom is -0.322 e. The van der Waals surface area contributed by atoms with Gasteiger partial charge in [0.1, 0.15) is 11.5 Å². The highest BCUT2D eigenvalue weighted by Gasteiger charge is 2.12. The van der Waals surface area contributed by atoms with Crippen LogP contribution in [0.1, 0.15) is 27.3 Å². The molecule has 0 saturated carbocycles. The highest BCUT2D eigenvalue weighted by atomic mass is 19.1. The number of rotatable bonds is 4. The van der Waals surface area contributed by atoms with Gasteiger partial charge in [-0.15, -0.1) is 0 Å². The Morgan fingerprint density at radius 2 is 1.73 bits per heavy atom. The molecule has 6 heteroatoms. The van der Waals surface area contributed by atoms with Gasteiger partial charge in [-0.3, -0.25) is 4.79 Å². The van der Waals surface area contributed by atoms with E-state index in [1.54, 1.807) is 31.2 Å². The molecule has 0 radical (unpaired) electrons. The van der Waals surface area contributed by atoms with E-state index >= 15 is 0 Å². The third-order valence-corrected chi connectivity index (χ3v) is 3.97. The van der Waals surface area contributed by atoms with Crippen LogP contribution in [-0.4, -0.2) is 15.9 Å². The number of benzene rings is 2. The number of amides is 1. The van der Waals surface area contributed by atoms with E-state index in [2.05, 4.69) is 20.6 Å². The van der Waals surface area contributed by atoms with E-state index in [-0.39, 0.29) is 23.2 Å². The lowest BCUT2D eigenvalue weighted by Gasteiger charge is -2.10. The molecular formula is C20H19FN4O. The van der Waals surface area contributed by atoms with Gasteiger partial charge in [0, 0.05) is 11.4 Å². The molecule has 1 aromatic heterocycles. The molecule has 3 rings (SSSR count). The van der Waals surface area contributed by atoms with Crippen LogP contribution in [0.15, 0.2) is 48.5 Å². The molecule has 0 aliphatic rings. The predicted octanol–water partition coefficient (Wildman–Crippen LogP) is 4.54. The molecule has 0 atom stereocenters. The zero-order chi connectivity index (χ0) is 18.7. The van der Waals surface area contributed by atoms with Gasteiger partial charge in [-0.1, -0.05) is 18.2 Å². The van der Waals surface area contributed by atoms with Crippen LogP contribution in [0.25, 0.3) is 0 Å². The Morgan fingerprint density at radius 1 is 0.962 bits per heavy atom. The second-order valence-corrected chi connectivity index (χ2v) is 6.08. The molecule has 0 aliphatic heterocycles. The Balaban J connectivity index is 1.83. The summed E-state index contributed by atoms with van der Waals surface area (Å²) in [7, 11) is 0. The lowest BCUT2D eigenvalue weighted by Crippen LogP contribution is -2.15. The van der Waals surface area contributed by atoms with E-state index < -0.39 is 5.82 Å². The van der Waals surface area contributed by atoms with E-state index in [1.807, 2.05) is 32.0 Å². The van der Waals surface area contributed by atoms with E-state index in [1.165, 1.54) is 6.07 Å². The number of halogens is 1. The Kier molecular flexibility index (Phi) is 4.93. The molecule has 1 amide bonds. The average Bonchev–Trinajstić information content (AvgIpc) is 2.60. The summed E-state index contributed by atoms with van der Waals surface area (Å²) in [5.41, 5.74) is 3.98. The summed E-state index contributed by atoms with van der Waals surface area (Å²) in [6.45, 7) is 5.74. The van der Waals surface area contributed by atoms with Crippen molar-refractivity contribution in [1.29, 1.82) is 0 Å². The standard InChI is InChI=1S/C20H19FN4O/c1-12-8-9-15(10-13(12)2)23-19(26)18-11-14(3)22-20(25-18)24-17-7-5-4-6-16(17)21/h4-11H,1-3H3,(H,23,26)(H,22,24,25). The minimum atomic E-state index is -0.418. The van der Waals surface area contributed by atoms with Crippen LogP contribution < -0.4 is 10.6 Å². The zero-order valence-electron chi connectivity index (χ0n) is 14.8. The van der Waals surface area contributed by atoms with Crippen LogP contribution in [0.5, 0.6) is 0 Å². The van der Waals surface area contributed by atoms with Crippen molar-refractivity contribution in [3.05, 3.63) is 76.9 Å². The number of carbonyl (C=O) groups excluding carboxylic acids is 1. The molecular weight excluding hydrogens is 331 g/mol. The highest BCUT2D eigenvalue weighted by molar-refractivity contribution is 6.03. The zero-order valence-corrected chi connectivity index (χ0v) is 14.8. The second-order valence-electron chi connectivity index (χ2n) is 6.08. The first kappa shape index (κ1) is 17.5. The summed E-state index contributed by atoms with van der Waals surface area (Å²) in [6.07, 6.45) is 0. The van der Waals surface area contributed by atoms with Crippen molar-refractivity contribution in [3.8, 4) is 0 Å². The van der Waals surface area contributed by atoms with Crippen LogP contribution in [0.3, 0.4) is 0 Å². The third-order valence-electron chi connectivity index (χ3n) is 3.97. The quantitative estimate of drug-likeness (QED) is 0.725. The lowest BCUT2D eigenvalue weighted by molar-refractivity contribution is 0.102. The molecule has 26 heavy (non-hydrogen) atoms. The molecule has 1 heterocycles. The molecule has 0 bridgehead atoms. The average molecular weight is 350 g/mol. The predicted molar refractivity (Wildman–Crippen MR) is 100 cm³/mol. The summed E-state index contributed by atoms with van der Waals surface area (Å²) in [6, 6.07) is 13.5. The molecule has 0 spiro atoms. The normalized spacial score (nSPS) is 10.5. The summed E-state index contributed by atoms with van der Waals surface area (Å²) in [5.74, 6) is -0.602. The van der Waals surface area contributed by atoms with Gasteiger partial charge in [-0.25, -0.2) is 14.4 Å². The Hall–Kier alpha value is -3.28. The maximum atomic E-state index is 13.8.